The molecule has 1 aromatic rings. The quantitative estimate of drug-likeness (QED) is 0.909. The molecular formula is C15H25N3O. The lowest BCUT2D eigenvalue weighted by atomic mass is 9.80. The molecule has 106 valence electrons. The minimum atomic E-state index is 0.410. The second kappa shape index (κ2) is 5.61. The molecule has 1 N–H and O–H groups in total. The third-order valence-electron chi connectivity index (χ3n) is 5.09. The van der Waals surface area contributed by atoms with Gasteiger partial charge in [-0.25, -0.2) is 0 Å². The van der Waals surface area contributed by atoms with Crippen molar-refractivity contribution in [2.75, 3.05) is 6.54 Å². The van der Waals surface area contributed by atoms with Crippen LogP contribution in [0.1, 0.15) is 75.9 Å². The van der Waals surface area contributed by atoms with Gasteiger partial charge in [-0.2, -0.15) is 4.98 Å². The Labute approximate surface area is 115 Å². The van der Waals surface area contributed by atoms with Crippen molar-refractivity contribution in [3.05, 3.63) is 11.7 Å². The molecule has 4 heteroatoms. The summed E-state index contributed by atoms with van der Waals surface area (Å²) in [5.41, 5.74) is 0. The Bertz CT molecular complexity index is 409. The molecular weight excluding hydrogens is 238 g/mol. The summed E-state index contributed by atoms with van der Waals surface area (Å²) in [6, 6.07) is 0.462. The van der Waals surface area contributed by atoms with E-state index in [0.29, 0.717) is 17.9 Å². The first-order chi connectivity index (χ1) is 9.28. The molecule has 3 rings (SSSR count). The molecule has 2 fully saturated rings. The molecule has 1 aliphatic heterocycles. The Morgan fingerprint density at radius 1 is 1.21 bits per heavy atom. The van der Waals surface area contributed by atoms with Crippen LogP contribution in [0.5, 0.6) is 0 Å². The molecule has 4 nitrogen and oxygen atoms in total. The van der Waals surface area contributed by atoms with E-state index in [1.165, 1.54) is 32.1 Å². The highest BCUT2D eigenvalue weighted by atomic mass is 16.5. The zero-order valence-electron chi connectivity index (χ0n) is 12.1. The maximum absolute atomic E-state index is 5.52. The van der Waals surface area contributed by atoms with Crippen LogP contribution < -0.4 is 5.32 Å². The van der Waals surface area contributed by atoms with E-state index in [-0.39, 0.29) is 0 Å². The van der Waals surface area contributed by atoms with Gasteiger partial charge in [-0.15, -0.1) is 0 Å². The van der Waals surface area contributed by atoms with E-state index in [4.69, 9.17) is 9.51 Å². The molecule has 1 aromatic heterocycles. The molecule has 2 heterocycles. The van der Waals surface area contributed by atoms with Gasteiger partial charge in [0.05, 0.1) is 5.92 Å². The molecule has 2 atom stereocenters. The summed E-state index contributed by atoms with van der Waals surface area (Å²) in [6.45, 7) is 5.56. The van der Waals surface area contributed by atoms with E-state index in [2.05, 4.69) is 24.3 Å². The van der Waals surface area contributed by atoms with Gasteiger partial charge in [0, 0.05) is 12.0 Å². The summed E-state index contributed by atoms with van der Waals surface area (Å²) < 4.78 is 5.52. The van der Waals surface area contributed by atoms with Crippen molar-refractivity contribution in [1.29, 1.82) is 0 Å². The number of aromatic nitrogens is 2. The average molecular weight is 263 g/mol. The lowest BCUT2D eigenvalue weighted by molar-refractivity contribution is 0.300. The molecule has 2 unspecified atom stereocenters. The van der Waals surface area contributed by atoms with Gasteiger partial charge in [0.2, 0.25) is 5.89 Å². The smallest absolute Gasteiger partial charge is 0.231 e. The molecule has 1 aliphatic carbocycles. The van der Waals surface area contributed by atoms with Gasteiger partial charge in [0.1, 0.15) is 0 Å². The van der Waals surface area contributed by atoms with Crippen LogP contribution in [0.2, 0.25) is 0 Å². The van der Waals surface area contributed by atoms with Crippen molar-refractivity contribution in [3.8, 4) is 0 Å². The molecule has 0 aromatic carbocycles. The van der Waals surface area contributed by atoms with E-state index in [9.17, 15) is 0 Å². The lowest BCUT2D eigenvalue weighted by Gasteiger charge is -2.25. The maximum atomic E-state index is 5.52. The minimum absolute atomic E-state index is 0.410. The van der Waals surface area contributed by atoms with Gasteiger partial charge in [0.25, 0.3) is 0 Å². The Morgan fingerprint density at radius 3 is 2.63 bits per heavy atom. The number of hydrogen-bond acceptors (Lipinski definition) is 4. The molecule has 0 bridgehead atoms. The van der Waals surface area contributed by atoms with Gasteiger partial charge >= 0.3 is 0 Å². The monoisotopic (exact) mass is 263 g/mol. The molecule has 0 amide bonds. The van der Waals surface area contributed by atoms with Crippen LogP contribution in [0.25, 0.3) is 0 Å². The topological polar surface area (TPSA) is 51.0 Å². The molecule has 2 aliphatic rings. The van der Waals surface area contributed by atoms with Crippen molar-refractivity contribution in [1.82, 2.24) is 15.5 Å². The third-order valence-corrected chi connectivity index (χ3v) is 5.09. The van der Waals surface area contributed by atoms with E-state index in [1.807, 2.05) is 0 Å². The Hall–Kier alpha value is -0.900. The van der Waals surface area contributed by atoms with Crippen LogP contribution in [0.4, 0.5) is 0 Å². The fourth-order valence-corrected chi connectivity index (χ4v) is 3.59. The van der Waals surface area contributed by atoms with E-state index in [0.717, 1.165) is 30.6 Å². The van der Waals surface area contributed by atoms with Crippen molar-refractivity contribution in [2.24, 2.45) is 5.92 Å². The van der Waals surface area contributed by atoms with Crippen molar-refractivity contribution >= 4 is 0 Å². The van der Waals surface area contributed by atoms with Gasteiger partial charge in [-0.1, -0.05) is 18.5 Å². The Morgan fingerprint density at radius 2 is 2.00 bits per heavy atom. The van der Waals surface area contributed by atoms with Crippen LogP contribution >= 0.6 is 0 Å². The van der Waals surface area contributed by atoms with Crippen molar-refractivity contribution < 1.29 is 4.52 Å². The largest absolute Gasteiger partial charge is 0.339 e. The molecule has 19 heavy (non-hydrogen) atoms. The number of nitrogens with zero attached hydrogens (tertiary/aromatic N) is 2. The predicted molar refractivity (Wildman–Crippen MR) is 74.1 cm³/mol. The molecule has 1 saturated heterocycles. The SMILES string of the molecule is CCC1CCC(c2noc(C3CCNC3C)n2)CC1. The first-order valence-corrected chi connectivity index (χ1v) is 7.84. The Kier molecular flexibility index (Phi) is 3.87. The highest BCUT2D eigenvalue weighted by Gasteiger charge is 2.31. The molecule has 0 spiro atoms. The van der Waals surface area contributed by atoms with Gasteiger partial charge in [0.15, 0.2) is 5.82 Å². The number of hydrogen-bond donors (Lipinski definition) is 1. The van der Waals surface area contributed by atoms with Crippen molar-refractivity contribution in [3.63, 3.8) is 0 Å². The fourth-order valence-electron chi connectivity index (χ4n) is 3.59. The normalized spacial score (nSPS) is 35.7. The zero-order valence-corrected chi connectivity index (χ0v) is 12.1. The fraction of sp³-hybridized carbons (Fsp3) is 0.867. The lowest BCUT2D eigenvalue weighted by Crippen LogP contribution is -2.21. The van der Waals surface area contributed by atoms with Crippen LogP contribution in [-0.2, 0) is 0 Å². The summed E-state index contributed by atoms with van der Waals surface area (Å²) in [4.78, 5) is 4.70. The number of rotatable bonds is 3. The highest BCUT2D eigenvalue weighted by molar-refractivity contribution is 5.05. The summed E-state index contributed by atoms with van der Waals surface area (Å²) in [6.07, 6.45) is 7.55. The first kappa shape index (κ1) is 13.1. The first-order valence-electron chi connectivity index (χ1n) is 7.84. The third kappa shape index (κ3) is 2.69. The summed E-state index contributed by atoms with van der Waals surface area (Å²) >= 11 is 0. The van der Waals surface area contributed by atoms with Crippen LogP contribution in [0.15, 0.2) is 4.52 Å². The predicted octanol–water partition coefficient (Wildman–Crippen LogP) is 3.22. The van der Waals surface area contributed by atoms with Crippen LogP contribution in [0.3, 0.4) is 0 Å². The second-order valence-corrected chi connectivity index (χ2v) is 6.25. The van der Waals surface area contributed by atoms with Gasteiger partial charge in [-0.05, 0) is 51.5 Å². The summed E-state index contributed by atoms with van der Waals surface area (Å²) in [7, 11) is 0. The Balaban J connectivity index is 1.65. The average Bonchev–Trinajstić information content (AvgIpc) is 3.07. The maximum Gasteiger partial charge on any atom is 0.231 e. The van der Waals surface area contributed by atoms with Gasteiger partial charge in [-0.3, -0.25) is 0 Å². The van der Waals surface area contributed by atoms with E-state index in [1.54, 1.807) is 0 Å². The summed E-state index contributed by atoms with van der Waals surface area (Å²) in [5, 5.41) is 7.70. The van der Waals surface area contributed by atoms with Crippen LogP contribution in [0, 0.1) is 5.92 Å². The summed E-state index contributed by atoms with van der Waals surface area (Å²) in [5.74, 6) is 3.67. The standard InChI is InChI=1S/C15H25N3O/c1-3-11-4-6-12(7-5-11)14-17-15(19-18-14)13-8-9-16-10(13)2/h10-13,16H,3-9H2,1-2H3. The molecule has 1 saturated carbocycles. The van der Waals surface area contributed by atoms with Gasteiger partial charge < -0.3 is 9.84 Å². The van der Waals surface area contributed by atoms with Crippen molar-refractivity contribution in [2.45, 2.75) is 70.3 Å². The number of nitrogens with one attached hydrogen (secondary N) is 1. The van der Waals surface area contributed by atoms with E-state index >= 15 is 0 Å². The zero-order chi connectivity index (χ0) is 13.2. The molecule has 0 radical (unpaired) electrons. The highest BCUT2D eigenvalue weighted by Crippen LogP contribution is 2.36. The second-order valence-electron chi connectivity index (χ2n) is 6.25. The van der Waals surface area contributed by atoms with E-state index < -0.39 is 0 Å². The minimum Gasteiger partial charge on any atom is -0.339 e. The van der Waals surface area contributed by atoms with Crippen LogP contribution in [-0.4, -0.2) is 22.7 Å².